The summed E-state index contributed by atoms with van der Waals surface area (Å²) in [5, 5.41) is 0. The zero-order valence-corrected chi connectivity index (χ0v) is 6.36. The average Bonchev–Trinajstić information content (AvgIpc) is 1.89. The Balaban J connectivity index is 3.01. The molecular formula is C5H6N2S2. The monoisotopic (exact) mass is 158 g/mol. The van der Waals surface area contributed by atoms with E-state index >= 15 is 0 Å². The number of aromatic nitrogens is 1. The molecule has 1 N–H and O–H groups in total. The van der Waals surface area contributed by atoms with E-state index in [1.807, 2.05) is 0 Å². The van der Waals surface area contributed by atoms with E-state index in [0.29, 0.717) is 0 Å². The first-order valence-electron chi connectivity index (χ1n) is 2.37. The minimum atomic E-state index is 0.823. The lowest BCUT2D eigenvalue weighted by Gasteiger charge is -1.98. The van der Waals surface area contributed by atoms with Crippen molar-refractivity contribution in [2.24, 2.45) is 0 Å². The normalized spacial score (nSPS) is 9.11. The molecule has 0 unspecified atom stereocenters. The Morgan fingerprint density at radius 2 is 2.33 bits per heavy atom. The van der Waals surface area contributed by atoms with Crippen molar-refractivity contribution < 1.29 is 0 Å². The van der Waals surface area contributed by atoms with Gasteiger partial charge in [-0.15, -0.1) is 12.6 Å². The molecule has 1 aromatic rings. The van der Waals surface area contributed by atoms with Crippen LogP contribution in [0, 0.1) is 0 Å². The lowest BCUT2D eigenvalue weighted by Crippen LogP contribution is -1.82. The lowest BCUT2D eigenvalue weighted by molar-refractivity contribution is 1.27. The average molecular weight is 158 g/mol. The van der Waals surface area contributed by atoms with Gasteiger partial charge in [0.2, 0.25) is 0 Å². The fraction of sp³-hybridized carbons (Fsp3) is 0. The van der Waals surface area contributed by atoms with Gasteiger partial charge in [-0.1, -0.05) is 12.8 Å². The van der Waals surface area contributed by atoms with E-state index in [-0.39, 0.29) is 0 Å². The van der Waals surface area contributed by atoms with Crippen LogP contribution in [0.25, 0.3) is 0 Å². The highest BCUT2D eigenvalue weighted by Crippen LogP contribution is 2.16. The van der Waals surface area contributed by atoms with Crippen molar-refractivity contribution in [2.75, 3.05) is 4.72 Å². The molecule has 0 aliphatic carbocycles. The summed E-state index contributed by atoms with van der Waals surface area (Å²) in [5.41, 5.74) is 0.823. The van der Waals surface area contributed by atoms with Crippen LogP contribution in [0.3, 0.4) is 0 Å². The van der Waals surface area contributed by atoms with Gasteiger partial charge in [0.25, 0.3) is 0 Å². The maximum absolute atomic E-state index is 4.13. The van der Waals surface area contributed by atoms with Gasteiger partial charge in [0.1, 0.15) is 0 Å². The first-order chi connectivity index (χ1) is 4.34. The van der Waals surface area contributed by atoms with E-state index in [2.05, 4.69) is 35.1 Å². The summed E-state index contributed by atoms with van der Waals surface area (Å²) in [7, 11) is 0. The fourth-order valence-electron chi connectivity index (χ4n) is 0.473. The molecule has 0 saturated carbocycles. The second-order valence-corrected chi connectivity index (χ2v) is 2.21. The number of nitrogens with one attached hydrogen (secondary N) is 1. The maximum Gasteiger partial charge on any atom is 0.0759 e. The highest BCUT2D eigenvalue weighted by atomic mass is 32.1. The molecule has 0 aliphatic heterocycles. The summed E-state index contributed by atoms with van der Waals surface area (Å²) in [4.78, 5) is 4.70. The molecule has 1 heterocycles. The maximum atomic E-state index is 4.13. The van der Waals surface area contributed by atoms with Crippen molar-refractivity contribution >= 4 is 31.1 Å². The molecular weight excluding hydrogens is 152 g/mol. The summed E-state index contributed by atoms with van der Waals surface area (Å²) in [6.45, 7) is 0. The molecule has 0 saturated heterocycles. The third kappa shape index (κ3) is 1.53. The quantitative estimate of drug-likeness (QED) is 0.541. The van der Waals surface area contributed by atoms with E-state index in [0.717, 1.165) is 10.6 Å². The van der Waals surface area contributed by atoms with Crippen LogP contribution >= 0.6 is 25.4 Å². The number of rotatable bonds is 1. The van der Waals surface area contributed by atoms with Crippen molar-refractivity contribution in [3.8, 4) is 0 Å². The van der Waals surface area contributed by atoms with Gasteiger partial charge < -0.3 is 4.72 Å². The van der Waals surface area contributed by atoms with E-state index in [1.165, 1.54) is 0 Å². The van der Waals surface area contributed by atoms with Crippen molar-refractivity contribution in [3.05, 3.63) is 18.5 Å². The number of thiol groups is 2. The third-order valence-corrected chi connectivity index (χ3v) is 1.55. The molecule has 2 nitrogen and oxygen atoms in total. The van der Waals surface area contributed by atoms with Crippen LogP contribution in [0.1, 0.15) is 0 Å². The third-order valence-electron chi connectivity index (χ3n) is 0.919. The van der Waals surface area contributed by atoms with Gasteiger partial charge in [-0.05, 0) is 6.07 Å². The van der Waals surface area contributed by atoms with Crippen LogP contribution in [-0.2, 0) is 0 Å². The first-order valence-corrected chi connectivity index (χ1v) is 3.27. The summed E-state index contributed by atoms with van der Waals surface area (Å²) in [5.74, 6) is 0. The molecule has 1 aromatic heterocycles. The van der Waals surface area contributed by atoms with Crippen LogP contribution in [0.5, 0.6) is 0 Å². The molecule has 1 rings (SSSR count). The fourth-order valence-corrected chi connectivity index (χ4v) is 0.920. The van der Waals surface area contributed by atoms with Gasteiger partial charge in [-0.2, -0.15) is 0 Å². The van der Waals surface area contributed by atoms with Crippen LogP contribution in [0.15, 0.2) is 23.4 Å². The zero-order chi connectivity index (χ0) is 6.69. The van der Waals surface area contributed by atoms with Gasteiger partial charge >= 0.3 is 0 Å². The Labute approximate surface area is 64.6 Å². The van der Waals surface area contributed by atoms with Gasteiger partial charge in [-0.25, -0.2) is 0 Å². The molecule has 9 heavy (non-hydrogen) atoms. The highest BCUT2D eigenvalue weighted by Gasteiger charge is 1.91. The number of hydrogen-bond acceptors (Lipinski definition) is 4. The molecule has 0 aromatic carbocycles. The SMILES string of the molecule is SNc1cnccc1S. The first kappa shape index (κ1) is 6.77. The van der Waals surface area contributed by atoms with E-state index in [9.17, 15) is 0 Å². The number of pyridine rings is 1. The smallest absolute Gasteiger partial charge is 0.0759 e. The molecule has 4 heteroatoms. The van der Waals surface area contributed by atoms with E-state index in [1.54, 1.807) is 18.5 Å². The molecule has 0 amide bonds. The van der Waals surface area contributed by atoms with Crippen LogP contribution < -0.4 is 4.72 Å². The Bertz CT molecular complexity index is 202. The highest BCUT2D eigenvalue weighted by molar-refractivity contribution is 7.82. The van der Waals surface area contributed by atoms with Gasteiger partial charge in [0.05, 0.1) is 11.9 Å². The molecule has 48 valence electrons. The predicted octanol–water partition coefficient (Wildman–Crippen LogP) is 1.63. The Morgan fingerprint density at radius 3 is 2.78 bits per heavy atom. The van der Waals surface area contributed by atoms with Crippen LogP contribution in [0.4, 0.5) is 5.69 Å². The van der Waals surface area contributed by atoms with Crippen molar-refractivity contribution in [3.63, 3.8) is 0 Å². The van der Waals surface area contributed by atoms with Gasteiger partial charge in [0.15, 0.2) is 0 Å². The van der Waals surface area contributed by atoms with Crippen molar-refractivity contribution in [1.29, 1.82) is 0 Å². The summed E-state index contributed by atoms with van der Waals surface area (Å²) >= 11 is 7.97. The van der Waals surface area contributed by atoms with Gasteiger partial charge in [-0.3, -0.25) is 4.98 Å². The van der Waals surface area contributed by atoms with Crippen molar-refractivity contribution in [1.82, 2.24) is 4.98 Å². The molecule has 0 fully saturated rings. The van der Waals surface area contributed by atoms with Crippen LogP contribution in [-0.4, -0.2) is 4.98 Å². The summed E-state index contributed by atoms with van der Waals surface area (Å²) in [6.07, 6.45) is 3.34. The van der Waals surface area contributed by atoms with E-state index in [4.69, 9.17) is 0 Å². The van der Waals surface area contributed by atoms with E-state index < -0.39 is 0 Å². The predicted molar refractivity (Wildman–Crippen MR) is 44.1 cm³/mol. The van der Waals surface area contributed by atoms with Gasteiger partial charge in [0, 0.05) is 11.1 Å². The standard InChI is InChI=1S/C5H6N2S2/c8-5-1-2-6-3-4(5)7-9/h1-3,7,9H,(H,6,8). The lowest BCUT2D eigenvalue weighted by atomic mass is 10.4. The molecule has 0 spiro atoms. The number of nitrogens with zero attached hydrogens (tertiary/aromatic N) is 1. The minimum Gasteiger partial charge on any atom is -0.330 e. The molecule has 0 aliphatic rings. The largest absolute Gasteiger partial charge is 0.330 e. The second-order valence-electron chi connectivity index (χ2n) is 1.50. The van der Waals surface area contributed by atoms with Crippen molar-refractivity contribution in [2.45, 2.75) is 4.90 Å². The second kappa shape index (κ2) is 2.98. The zero-order valence-electron chi connectivity index (χ0n) is 4.57. The number of anilines is 1. The summed E-state index contributed by atoms with van der Waals surface area (Å²) in [6, 6.07) is 1.79. The topological polar surface area (TPSA) is 24.9 Å². The minimum absolute atomic E-state index is 0.823. The van der Waals surface area contributed by atoms with Crippen LogP contribution in [0.2, 0.25) is 0 Å². The number of hydrogen-bond donors (Lipinski definition) is 3. The molecule has 0 radical (unpaired) electrons. The molecule has 0 atom stereocenters. The Hall–Kier alpha value is -0.350. The Kier molecular flexibility index (Phi) is 2.24. The molecule has 0 bridgehead atoms. The summed E-state index contributed by atoms with van der Waals surface area (Å²) < 4.78 is 2.65. The Morgan fingerprint density at radius 1 is 1.56 bits per heavy atom.